The maximum Gasteiger partial charge on any atom is 0.153 e. The maximum absolute atomic E-state index is 13.7. The predicted octanol–water partition coefficient (Wildman–Crippen LogP) is 1.42. The van der Waals surface area contributed by atoms with Crippen LogP contribution in [-0.4, -0.2) is 27.0 Å². The van der Waals surface area contributed by atoms with Gasteiger partial charge >= 0.3 is 0 Å². The zero-order valence-corrected chi connectivity index (χ0v) is 10.9. The third-order valence-electron chi connectivity index (χ3n) is 2.50. The number of aromatic nitrogens is 4. The first-order valence-electron chi connectivity index (χ1n) is 4.97. The van der Waals surface area contributed by atoms with Gasteiger partial charge in [0.05, 0.1) is 17.9 Å². The highest BCUT2D eigenvalue weighted by molar-refractivity contribution is 9.10. The standard InChI is InChI=1S/C10H11BrFN5/c1-13-8(6-3-4-14-5-7(6)12)9-10(11)15-16-17(9)2/h3-5,8,13H,1-2H3. The highest BCUT2D eigenvalue weighted by Crippen LogP contribution is 2.27. The molecule has 0 fully saturated rings. The molecule has 2 aromatic rings. The second-order valence-corrected chi connectivity index (χ2v) is 4.26. The van der Waals surface area contributed by atoms with Crippen LogP contribution in [-0.2, 0) is 7.05 Å². The average molecular weight is 300 g/mol. The lowest BCUT2D eigenvalue weighted by molar-refractivity contribution is 0.545. The minimum atomic E-state index is -0.361. The van der Waals surface area contributed by atoms with Gasteiger partial charge in [-0.15, -0.1) is 5.10 Å². The summed E-state index contributed by atoms with van der Waals surface area (Å²) in [5, 5.41) is 10.8. The summed E-state index contributed by atoms with van der Waals surface area (Å²) in [7, 11) is 3.51. The van der Waals surface area contributed by atoms with Crippen molar-refractivity contribution in [3.63, 3.8) is 0 Å². The molecule has 0 spiro atoms. The molecule has 0 saturated carbocycles. The number of pyridine rings is 1. The summed E-state index contributed by atoms with van der Waals surface area (Å²) in [6.45, 7) is 0. The molecule has 1 N–H and O–H groups in total. The van der Waals surface area contributed by atoms with E-state index in [4.69, 9.17) is 0 Å². The molecule has 2 rings (SSSR count). The highest BCUT2D eigenvalue weighted by atomic mass is 79.9. The number of halogens is 2. The Morgan fingerprint density at radius 1 is 1.53 bits per heavy atom. The van der Waals surface area contributed by atoms with Gasteiger partial charge in [0.2, 0.25) is 0 Å². The molecular weight excluding hydrogens is 289 g/mol. The Hall–Kier alpha value is -1.34. The van der Waals surface area contributed by atoms with Crippen LogP contribution in [0, 0.1) is 5.82 Å². The molecule has 0 bridgehead atoms. The number of nitrogens with zero attached hydrogens (tertiary/aromatic N) is 4. The van der Waals surface area contributed by atoms with Crippen molar-refractivity contribution in [3.8, 4) is 0 Å². The zero-order valence-electron chi connectivity index (χ0n) is 9.35. The second kappa shape index (κ2) is 4.89. The van der Waals surface area contributed by atoms with Crippen molar-refractivity contribution in [1.29, 1.82) is 0 Å². The molecule has 1 unspecified atom stereocenters. The summed E-state index contributed by atoms with van der Waals surface area (Å²) in [6, 6.07) is 1.31. The maximum atomic E-state index is 13.7. The molecule has 2 aromatic heterocycles. The van der Waals surface area contributed by atoms with Crippen molar-refractivity contribution >= 4 is 15.9 Å². The molecule has 0 aliphatic carbocycles. The summed E-state index contributed by atoms with van der Waals surface area (Å²) in [6.07, 6.45) is 2.75. The summed E-state index contributed by atoms with van der Waals surface area (Å²) in [5.74, 6) is -0.361. The quantitative estimate of drug-likeness (QED) is 0.931. The van der Waals surface area contributed by atoms with Crippen molar-refractivity contribution in [3.05, 3.63) is 40.1 Å². The van der Waals surface area contributed by atoms with Gasteiger partial charge < -0.3 is 5.32 Å². The number of nitrogens with one attached hydrogen (secondary N) is 1. The minimum absolute atomic E-state index is 0.327. The van der Waals surface area contributed by atoms with E-state index < -0.39 is 0 Å². The molecule has 0 aliphatic rings. The van der Waals surface area contributed by atoms with Crippen LogP contribution in [0.15, 0.2) is 23.1 Å². The van der Waals surface area contributed by atoms with Crippen LogP contribution in [0.4, 0.5) is 4.39 Å². The van der Waals surface area contributed by atoms with E-state index in [2.05, 4.69) is 36.5 Å². The van der Waals surface area contributed by atoms with E-state index in [1.165, 1.54) is 6.20 Å². The molecule has 0 amide bonds. The van der Waals surface area contributed by atoms with Crippen molar-refractivity contribution < 1.29 is 4.39 Å². The third kappa shape index (κ3) is 2.20. The Labute approximate surface area is 106 Å². The van der Waals surface area contributed by atoms with Gasteiger partial charge in [0.1, 0.15) is 5.82 Å². The third-order valence-corrected chi connectivity index (χ3v) is 3.07. The van der Waals surface area contributed by atoms with E-state index in [0.29, 0.717) is 10.2 Å². The van der Waals surface area contributed by atoms with Crippen molar-refractivity contribution in [2.45, 2.75) is 6.04 Å². The van der Waals surface area contributed by atoms with Gasteiger partial charge in [-0.1, -0.05) is 5.21 Å². The molecule has 0 saturated heterocycles. The summed E-state index contributed by atoms with van der Waals surface area (Å²) < 4.78 is 15.9. The number of hydrogen-bond donors (Lipinski definition) is 1. The summed E-state index contributed by atoms with van der Waals surface area (Å²) >= 11 is 3.31. The van der Waals surface area contributed by atoms with Crippen LogP contribution < -0.4 is 5.32 Å². The molecule has 5 nitrogen and oxygen atoms in total. The van der Waals surface area contributed by atoms with Crippen LogP contribution in [0.5, 0.6) is 0 Å². The van der Waals surface area contributed by atoms with Gasteiger partial charge in [-0.2, -0.15) is 0 Å². The molecule has 0 aromatic carbocycles. The first kappa shape index (κ1) is 12.1. The lowest BCUT2D eigenvalue weighted by atomic mass is 10.1. The van der Waals surface area contributed by atoms with Gasteiger partial charge in [-0.3, -0.25) is 4.98 Å². The first-order valence-corrected chi connectivity index (χ1v) is 5.76. The van der Waals surface area contributed by atoms with E-state index in [1.807, 2.05) is 0 Å². The highest BCUT2D eigenvalue weighted by Gasteiger charge is 2.22. The van der Waals surface area contributed by atoms with Gasteiger partial charge in [-0.25, -0.2) is 9.07 Å². The van der Waals surface area contributed by atoms with Crippen LogP contribution in [0.25, 0.3) is 0 Å². The van der Waals surface area contributed by atoms with E-state index in [-0.39, 0.29) is 11.9 Å². The molecule has 17 heavy (non-hydrogen) atoms. The second-order valence-electron chi connectivity index (χ2n) is 3.51. The average Bonchev–Trinajstić information content (AvgIpc) is 2.64. The summed E-state index contributed by atoms with van der Waals surface area (Å²) in [4.78, 5) is 3.74. The Morgan fingerprint density at radius 3 is 2.82 bits per heavy atom. The van der Waals surface area contributed by atoms with E-state index >= 15 is 0 Å². The van der Waals surface area contributed by atoms with Gasteiger partial charge in [0.15, 0.2) is 4.60 Å². The Kier molecular flexibility index (Phi) is 3.49. The van der Waals surface area contributed by atoms with Gasteiger partial charge in [0.25, 0.3) is 0 Å². The fourth-order valence-corrected chi connectivity index (χ4v) is 2.26. The Balaban J connectivity index is 2.52. The first-order chi connectivity index (χ1) is 8.15. The van der Waals surface area contributed by atoms with Crippen molar-refractivity contribution in [1.82, 2.24) is 25.3 Å². The largest absolute Gasteiger partial charge is 0.308 e. The lowest BCUT2D eigenvalue weighted by Crippen LogP contribution is -2.22. The monoisotopic (exact) mass is 299 g/mol. The molecule has 2 heterocycles. The molecule has 0 radical (unpaired) electrons. The zero-order chi connectivity index (χ0) is 12.4. The smallest absolute Gasteiger partial charge is 0.153 e. The summed E-state index contributed by atoms with van der Waals surface area (Å²) in [5.41, 5.74) is 1.27. The molecule has 1 atom stereocenters. The van der Waals surface area contributed by atoms with Crippen LogP contribution >= 0.6 is 15.9 Å². The van der Waals surface area contributed by atoms with Crippen molar-refractivity contribution in [2.75, 3.05) is 7.05 Å². The number of hydrogen-bond acceptors (Lipinski definition) is 4. The predicted molar refractivity (Wildman–Crippen MR) is 63.8 cm³/mol. The fraction of sp³-hybridized carbons (Fsp3) is 0.300. The van der Waals surface area contributed by atoms with E-state index in [0.717, 1.165) is 5.69 Å². The van der Waals surface area contributed by atoms with Crippen LogP contribution in [0.3, 0.4) is 0 Å². The SMILES string of the molecule is CNC(c1ccncc1F)c1c(Br)nnn1C. The Morgan fingerprint density at radius 2 is 2.29 bits per heavy atom. The molecule has 0 aliphatic heterocycles. The topological polar surface area (TPSA) is 55.6 Å². The van der Waals surface area contributed by atoms with Gasteiger partial charge in [0, 0.05) is 18.8 Å². The Bertz CT molecular complexity index is 508. The van der Waals surface area contributed by atoms with E-state index in [9.17, 15) is 4.39 Å². The van der Waals surface area contributed by atoms with Crippen LogP contribution in [0.1, 0.15) is 17.3 Å². The number of rotatable bonds is 3. The van der Waals surface area contributed by atoms with Crippen LogP contribution in [0.2, 0.25) is 0 Å². The van der Waals surface area contributed by atoms with E-state index in [1.54, 1.807) is 31.0 Å². The number of aryl methyl sites for hydroxylation is 1. The molecular formula is C10H11BrFN5. The molecule has 7 heteroatoms. The fourth-order valence-electron chi connectivity index (χ4n) is 1.70. The lowest BCUT2D eigenvalue weighted by Gasteiger charge is -2.17. The van der Waals surface area contributed by atoms with Crippen molar-refractivity contribution in [2.24, 2.45) is 7.05 Å². The molecule has 90 valence electrons. The van der Waals surface area contributed by atoms with Gasteiger partial charge in [-0.05, 0) is 29.0 Å². The normalized spacial score (nSPS) is 12.7. The minimum Gasteiger partial charge on any atom is -0.308 e.